The summed E-state index contributed by atoms with van der Waals surface area (Å²) < 4.78 is 5.34. The SMILES string of the molecule is COCC(CNCC(C)C)N1CC=C(C)CC1. The molecular formula is C14H28N2O. The average molecular weight is 240 g/mol. The van der Waals surface area contributed by atoms with E-state index in [1.807, 2.05) is 0 Å². The van der Waals surface area contributed by atoms with Crippen molar-refractivity contribution >= 4 is 0 Å². The molecule has 17 heavy (non-hydrogen) atoms. The summed E-state index contributed by atoms with van der Waals surface area (Å²) in [5.74, 6) is 0.710. The molecule has 0 saturated heterocycles. The monoisotopic (exact) mass is 240 g/mol. The van der Waals surface area contributed by atoms with E-state index in [4.69, 9.17) is 4.74 Å². The van der Waals surface area contributed by atoms with Gasteiger partial charge in [0, 0.05) is 32.8 Å². The van der Waals surface area contributed by atoms with Gasteiger partial charge < -0.3 is 10.1 Å². The quantitative estimate of drug-likeness (QED) is 0.688. The van der Waals surface area contributed by atoms with Crippen LogP contribution in [0.15, 0.2) is 11.6 Å². The molecular weight excluding hydrogens is 212 g/mol. The van der Waals surface area contributed by atoms with Gasteiger partial charge in [0.1, 0.15) is 0 Å². The zero-order valence-corrected chi connectivity index (χ0v) is 11.8. The number of nitrogens with zero attached hydrogens (tertiary/aromatic N) is 1. The summed E-state index contributed by atoms with van der Waals surface area (Å²) in [6, 6.07) is 0.503. The molecule has 0 spiro atoms. The number of methoxy groups -OCH3 is 1. The number of hydrogen-bond donors (Lipinski definition) is 1. The van der Waals surface area contributed by atoms with Gasteiger partial charge in [-0.1, -0.05) is 25.5 Å². The molecule has 0 amide bonds. The Morgan fingerprint density at radius 2 is 2.18 bits per heavy atom. The summed E-state index contributed by atoms with van der Waals surface area (Å²) in [4.78, 5) is 2.52. The molecule has 1 rings (SSSR count). The molecule has 0 aliphatic carbocycles. The summed E-state index contributed by atoms with van der Waals surface area (Å²) in [6.07, 6.45) is 3.54. The Balaban J connectivity index is 2.36. The molecule has 100 valence electrons. The van der Waals surface area contributed by atoms with E-state index < -0.39 is 0 Å². The van der Waals surface area contributed by atoms with Crippen LogP contribution in [0.3, 0.4) is 0 Å². The van der Waals surface area contributed by atoms with Gasteiger partial charge in [-0.05, 0) is 25.8 Å². The summed E-state index contributed by atoms with van der Waals surface area (Å²) >= 11 is 0. The Morgan fingerprint density at radius 3 is 2.71 bits per heavy atom. The molecule has 0 aromatic rings. The van der Waals surface area contributed by atoms with E-state index in [2.05, 4.69) is 37.1 Å². The van der Waals surface area contributed by atoms with Crippen LogP contribution >= 0.6 is 0 Å². The molecule has 1 aliphatic heterocycles. The van der Waals surface area contributed by atoms with Crippen molar-refractivity contribution in [1.29, 1.82) is 0 Å². The molecule has 3 heteroatoms. The first-order valence-electron chi connectivity index (χ1n) is 6.72. The molecule has 3 nitrogen and oxygen atoms in total. The van der Waals surface area contributed by atoms with E-state index in [0.717, 1.165) is 26.2 Å². The van der Waals surface area contributed by atoms with Crippen LogP contribution in [0, 0.1) is 5.92 Å². The van der Waals surface area contributed by atoms with E-state index in [-0.39, 0.29) is 0 Å². The second-order valence-electron chi connectivity index (χ2n) is 5.46. The second kappa shape index (κ2) is 7.85. The highest BCUT2D eigenvalue weighted by molar-refractivity contribution is 5.04. The lowest BCUT2D eigenvalue weighted by molar-refractivity contribution is 0.0938. The summed E-state index contributed by atoms with van der Waals surface area (Å²) in [5.41, 5.74) is 1.52. The number of rotatable bonds is 7. The Kier molecular flexibility index (Phi) is 6.78. The Bertz CT molecular complexity index is 238. The highest BCUT2D eigenvalue weighted by atomic mass is 16.5. The maximum atomic E-state index is 5.34. The van der Waals surface area contributed by atoms with Crippen molar-refractivity contribution in [2.45, 2.75) is 33.2 Å². The Hall–Kier alpha value is -0.380. The number of ether oxygens (including phenoxy) is 1. The van der Waals surface area contributed by atoms with Crippen molar-refractivity contribution in [2.75, 3.05) is 39.9 Å². The number of hydrogen-bond acceptors (Lipinski definition) is 3. The van der Waals surface area contributed by atoms with Crippen molar-refractivity contribution in [1.82, 2.24) is 10.2 Å². The fraction of sp³-hybridized carbons (Fsp3) is 0.857. The van der Waals surface area contributed by atoms with Crippen molar-refractivity contribution in [3.05, 3.63) is 11.6 Å². The van der Waals surface area contributed by atoms with Gasteiger partial charge in [-0.3, -0.25) is 4.90 Å². The van der Waals surface area contributed by atoms with E-state index in [0.29, 0.717) is 12.0 Å². The first-order chi connectivity index (χ1) is 8.13. The molecule has 1 atom stereocenters. The van der Waals surface area contributed by atoms with Gasteiger partial charge in [-0.15, -0.1) is 0 Å². The molecule has 0 bridgehead atoms. The maximum absolute atomic E-state index is 5.34. The fourth-order valence-corrected chi connectivity index (χ4v) is 2.14. The fourth-order valence-electron chi connectivity index (χ4n) is 2.14. The lowest BCUT2D eigenvalue weighted by Gasteiger charge is -2.33. The van der Waals surface area contributed by atoms with Gasteiger partial charge >= 0.3 is 0 Å². The first kappa shape index (κ1) is 14.7. The highest BCUT2D eigenvalue weighted by Crippen LogP contribution is 2.12. The lowest BCUT2D eigenvalue weighted by Crippen LogP contribution is -2.47. The second-order valence-corrected chi connectivity index (χ2v) is 5.46. The smallest absolute Gasteiger partial charge is 0.0630 e. The minimum absolute atomic E-state index is 0.503. The number of nitrogens with one attached hydrogen (secondary N) is 1. The Morgan fingerprint density at radius 1 is 1.41 bits per heavy atom. The summed E-state index contributed by atoms with van der Waals surface area (Å²) in [5, 5.41) is 3.54. The molecule has 0 aromatic heterocycles. The predicted octanol–water partition coefficient (Wildman–Crippen LogP) is 1.90. The van der Waals surface area contributed by atoms with Gasteiger partial charge in [-0.25, -0.2) is 0 Å². The maximum Gasteiger partial charge on any atom is 0.0630 e. The summed E-state index contributed by atoms with van der Waals surface area (Å²) in [7, 11) is 1.79. The van der Waals surface area contributed by atoms with Crippen LogP contribution in [0.25, 0.3) is 0 Å². The average Bonchev–Trinajstić information content (AvgIpc) is 2.29. The van der Waals surface area contributed by atoms with Crippen LogP contribution in [-0.2, 0) is 4.74 Å². The summed E-state index contributed by atoms with van der Waals surface area (Å²) in [6.45, 7) is 11.9. The molecule has 0 aromatic carbocycles. The molecule has 0 fully saturated rings. The minimum atomic E-state index is 0.503. The molecule has 1 N–H and O–H groups in total. The van der Waals surface area contributed by atoms with Crippen LogP contribution < -0.4 is 5.32 Å². The third-order valence-electron chi connectivity index (χ3n) is 3.28. The molecule has 0 radical (unpaired) electrons. The molecule has 0 saturated carbocycles. The normalized spacial score (nSPS) is 19.5. The largest absolute Gasteiger partial charge is 0.383 e. The third-order valence-corrected chi connectivity index (χ3v) is 3.28. The zero-order chi connectivity index (χ0) is 12.7. The van der Waals surface area contributed by atoms with Crippen molar-refractivity contribution in [3.8, 4) is 0 Å². The molecule has 1 heterocycles. The van der Waals surface area contributed by atoms with Crippen molar-refractivity contribution in [2.24, 2.45) is 5.92 Å². The van der Waals surface area contributed by atoms with Gasteiger partial charge in [0.05, 0.1) is 6.61 Å². The van der Waals surface area contributed by atoms with Crippen LogP contribution in [0.1, 0.15) is 27.2 Å². The van der Waals surface area contributed by atoms with E-state index >= 15 is 0 Å². The van der Waals surface area contributed by atoms with Crippen LogP contribution in [0.2, 0.25) is 0 Å². The standard InChI is InChI=1S/C14H28N2O/c1-12(2)9-15-10-14(11-17-4)16-7-5-13(3)6-8-16/h5,12,14-15H,6-11H2,1-4H3. The van der Waals surface area contributed by atoms with Gasteiger partial charge in [0.15, 0.2) is 0 Å². The topological polar surface area (TPSA) is 24.5 Å². The van der Waals surface area contributed by atoms with Gasteiger partial charge in [0.25, 0.3) is 0 Å². The van der Waals surface area contributed by atoms with E-state index in [9.17, 15) is 0 Å². The van der Waals surface area contributed by atoms with Crippen molar-refractivity contribution < 1.29 is 4.74 Å². The van der Waals surface area contributed by atoms with Crippen molar-refractivity contribution in [3.63, 3.8) is 0 Å². The predicted molar refractivity (Wildman–Crippen MR) is 73.3 cm³/mol. The van der Waals surface area contributed by atoms with Gasteiger partial charge in [0.2, 0.25) is 0 Å². The van der Waals surface area contributed by atoms with Crippen LogP contribution in [-0.4, -0.2) is 50.8 Å². The Labute approximate surface area is 106 Å². The van der Waals surface area contributed by atoms with E-state index in [1.54, 1.807) is 7.11 Å². The van der Waals surface area contributed by atoms with Crippen LogP contribution in [0.5, 0.6) is 0 Å². The minimum Gasteiger partial charge on any atom is -0.383 e. The van der Waals surface area contributed by atoms with Gasteiger partial charge in [-0.2, -0.15) is 0 Å². The third kappa shape index (κ3) is 5.66. The van der Waals surface area contributed by atoms with E-state index in [1.165, 1.54) is 18.5 Å². The molecule has 1 unspecified atom stereocenters. The zero-order valence-electron chi connectivity index (χ0n) is 11.8. The molecule has 1 aliphatic rings. The highest BCUT2D eigenvalue weighted by Gasteiger charge is 2.19. The lowest BCUT2D eigenvalue weighted by atomic mass is 10.1. The van der Waals surface area contributed by atoms with Crippen LogP contribution in [0.4, 0.5) is 0 Å². The first-order valence-corrected chi connectivity index (χ1v) is 6.72.